The van der Waals surface area contributed by atoms with Gasteiger partial charge in [0.2, 0.25) is 0 Å². The second-order valence-electron chi connectivity index (χ2n) is 2.81. The lowest BCUT2D eigenvalue weighted by Gasteiger charge is -2.04. The Kier molecular flexibility index (Phi) is 6.15. The monoisotopic (exact) mass is 184 g/mol. The molecule has 0 atom stereocenters. The molecule has 0 aromatic rings. The third-order valence-electron chi connectivity index (χ3n) is 1.93. The zero-order chi connectivity index (χ0) is 10.3. The van der Waals surface area contributed by atoms with Crippen LogP contribution in [0.3, 0.4) is 0 Å². The molecule has 0 radical (unpaired) electrons. The molecule has 1 nitrogen and oxygen atoms in total. The van der Waals surface area contributed by atoms with Gasteiger partial charge in [-0.25, -0.2) is 4.39 Å². The van der Waals surface area contributed by atoms with Gasteiger partial charge in [0.15, 0.2) is 0 Å². The first kappa shape index (κ1) is 12.1. The summed E-state index contributed by atoms with van der Waals surface area (Å²) in [6.07, 6.45) is 5.49. The van der Waals surface area contributed by atoms with Crippen LogP contribution in [0.2, 0.25) is 0 Å². The van der Waals surface area contributed by atoms with E-state index in [1.54, 1.807) is 12.2 Å². The highest BCUT2D eigenvalue weighted by molar-refractivity contribution is 5.32. The van der Waals surface area contributed by atoms with E-state index in [0.717, 1.165) is 12.0 Å². The second kappa shape index (κ2) is 6.61. The quantitative estimate of drug-likeness (QED) is 0.665. The first-order chi connectivity index (χ1) is 6.17. The van der Waals surface area contributed by atoms with Crippen molar-refractivity contribution in [3.8, 4) is 0 Å². The first-order valence-corrected chi connectivity index (χ1v) is 4.45. The molecule has 74 valence electrons. The predicted molar refractivity (Wildman–Crippen MR) is 54.1 cm³/mol. The Bertz CT molecular complexity index is 236. The van der Waals surface area contributed by atoms with Crippen molar-refractivity contribution in [3.63, 3.8) is 0 Å². The van der Waals surface area contributed by atoms with Crippen molar-refractivity contribution in [1.82, 2.24) is 0 Å². The van der Waals surface area contributed by atoms with Gasteiger partial charge in [0.05, 0.1) is 6.61 Å². The number of aliphatic hydroxyl groups excluding tert-OH is 1. The van der Waals surface area contributed by atoms with E-state index in [9.17, 15) is 4.39 Å². The fraction of sp³-hybridized carbons (Fsp3) is 0.455. The smallest absolute Gasteiger partial charge is 0.128 e. The lowest BCUT2D eigenvalue weighted by atomic mass is 10.1. The molecule has 0 saturated heterocycles. The van der Waals surface area contributed by atoms with E-state index in [2.05, 4.69) is 0 Å². The van der Waals surface area contributed by atoms with Crippen LogP contribution in [0.15, 0.2) is 35.2 Å². The average Bonchev–Trinajstić information content (AvgIpc) is 2.15. The molecule has 2 heteroatoms. The fourth-order valence-corrected chi connectivity index (χ4v) is 0.909. The molecule has 13 heavy (non-hydrogen) atoms. The highest BCUT2D eigenvalue weighted by atomic mass is 19.1. The SMILES string of the molecule is CC=CC=C(F)C(CO)=C(C)CC. The van der Waals surface area contributed by atoms with Crippen molar-refractivity contribution in [3.05, 3.63) is 35.2 Å². The first-order valence-electron chi connectivity index (χ1n) is 4.45. The topological polar surface area (TPSA) is 20.2 Å². The maximum Gasteiger partial charge on any atom is 0.128 e. The largest absolute Gasteiger partial charge is 0.392 e. The summed E-state index contributed by atoms with van der Waals surface area (Å²) >= 11 is 0. The minimum Gasteiger partial charge on any atom is -0.392 e. The molecule has 0 aromatic carbocycles. The molecule has 0 unspecified atom stereocenters. The lowest BCUT2D eigenvalue weighted by Crippen LogP contribution is -1.95. The molecule has 0 aliphatic heterocycles. The van der Waals surface area contributed by atoms with Crippen LogP contribution in [-0.4, -0.2) is 11.7 Å². The van der Waals surface area contributed by atoms with Gasteiger partial charge in [0.25, 0.3) is 0 Å². The highest BCUT2D eigenvalue weighted by Gasteiger charge is 2.04. The van der Waals surface area contributed by atoms with Crippen LogP contribution < -0.4 is 0 Å². The summed E-state index contributed by atoms with van der Waals surface area (Å²) < 4.78 is 13.3. The normalized spacial score (nSPS) is 15.0. The molecule has 1 N–H and O–H groups in total. The van der Waals surface area contributed by atoms with Gasteiger partial charge in [-0.15, -0.1) is 0 Å². The summed E-state index contributed by atoms with van der Waals surface area (Å²) in [5, 5.41) is 8.93. The minimum atomic E-state index is -0.347. The molecule has 0 rings (SSSR count). The Morgan fingerprint density at radius 2 is 2.08 bits per heavy atom. The summed E-state index contributed by atoms with van der Waals surface area (Å²) in [5.41, 5.74) is 1.29. The van der Waals surface area contributed by atoms with Gasteiger partial charge in [0, 0.05) is 5.57 Å². The van der Waals surface area contributed by atoms with Crippen LogP contribution in [0, 0.1) is 0 Å². The number of hydrogen-bond acceptors (Lipinski definition) is 1. The molecule has 0 spiro atoms. The van der Waals surface area contributed by atoms with E-state index in [-0.39, 0.29) is 12.4 Å². The molecular formula is C11H17FO. The fourth-order valence-electron chi connectivity index (χ4n) is 0.909. The molecule has 0 amide bonds. The molecule has 0 aliphatic rings. The molecule has 0 bridgehead atoms. The van der Waals surface area contributed by atoms with Crippen molar-refractivity contribution in [2.45, 2.75) is 27.2 Å². The van der Waals surface area contributed by atoms with Crippen molar-refractivity contribution >= 4 is 0 Å². The summed E-state index contributed by atoms with van der Waals surface area (Å²) in [6, 6.07) is 0. The number of rotatable bonds is 4. The van der Waals surface area contributed by atoms with Gasteiger partial charge < -0.3 is 5.11 Å². The van der Waals surface area contributed by atoms with Crippen molar-refractivity contribution < 1.29 is 9.50 Å². The summed E-state index contributed by atoms with van der Waals surface area (Å²) in [4.78, 5) is 0. The number of halogens is 1. The van der Waals surface area contributed by atoms with Crippen molar-refractivity contribution in [2.75, 3.05) is 6.61 Å². The van der Waals surface area contributed by atoms with E-state index in [0.29, 0.717) is 5.57 Å². The molecular weight excluding hydrogens is 167 g/mol. The third kappa shape index (κ3) is 4.04. The van der Waals surface area contributed by atoms with Crippen molar-refractivity contribution in [2.24, 2.45) is 0 Å². The van der Waals surface area contributed by atoms with Crippen LogP contribution in [0.25, 0.3) is 0 Å². The van der Waals surface area contributed by atoms with Crippen LogP contribution in [0.5, 0.6) is 0 Å². The van der Waals surface area contributed by atoms with E-state index >= 15 is 0 Å². The summed E-state index contributed by atoms with van der Waals surface area (Å²) in [5.74, 6) is -0.347. The van der Waals surface area contributed by atoms with E-state index in [1.807, 2.05) is 20.8 Å². The van der Waals surface area contributed by atoms with Gasteiger partial charge >= 0.3 is 0 Å². The maximum atomic E-state index is 13.3. The molecule has 0 saturated carbocycles. The Balaban J connectivity index is 4.78. The number of allylic oxidation sites excluding steroid dienone is 4. The van der Waals surface area contributed by atoms with Gasteiger partial charge in [-0.05, 0) is 26.3 Å². The Hall–Kier alpha value is -0.890. The summed E-state index contributed by atoms with van der Waals surface area (Å²) in [6.45, 7) is 5.35. The van der Waals surface area contributed by atoms with Crippen LogP contribution >= 0.6 is 0 Å². The average molecular weight is 184 g/mol. The van der Waals surface area contributed by atoms with Crippen LogP contribution in [0.4, 0.5) is 4.39 Å². The second-order valence-corrected chi connectivity index (χ2v) is 2.81. The van der Waals surface area contributed by atoms with E-state index in [4.69, 9.17) is 5.11 Å². The number of hydrogen-bond donors (Lipinski definition) is 1. The Labute approximate surface area is 79.3 Å². The molecule has 0 fully saturated rings. The lowest BCUT2D eigenvalue weighted by molar-refractivity contribution is 0.326. The standard InChI is InChI=1S/C11H17FO/c1-4-6-7-11(12)10(8-13)9(3)5-2/h4,6-7,13H,5,8H2,1-3H3. The predicted octanol–water partition coefficient (Wildman–Crippen LogP) is 3.13. The minimum absolute atomic E-state index is 0.237. The Morgan fingerprint density at radius 1 is 1.46 bits per heavy atom. The number of aliphatic hydroxyl groups is 1. The van der Waals surface area contributed by atoms with Crippen LogP contribution in [0.1, 0.15) is 27.2 Å². The van der Waals surface area contributed by atoms with Gasteiger partial charge in [-0.2, -0.15) is 0 Å². The van der Waals surface area contributed by atoms with Crippen molar-refractivity contribution in [1.29, 1.82) is 0 Å². The van der Waals surface area contributed by atoms with E-state index in [1.165, 1.54) is 6.08 Å². The molecule has 0 aromatic heterocycles. The van der Waals surface area contributed by atoms with Crippen LogP contribution in [-0.2, 0) is 0 Å². The Morgan fingerprint density at radius 3 is 2.46 bits per heavy atom. The maximum absolute atomic E-state index is 13.3. The molecule has 0 heterocycles. The van der Waals surface area contributed by atoms with Gasteiger partial charge in [0.1, 0.15) is 5.83 Å². The van der Waals surface area contributed by atoms with E-state index < -0.39 is 0 Å². The zero-order valence-electron chi connectivity index (χ0n) is 8.47. The molecule has 0 aliphatic carbocycles. The van der Waals surface area contributed by atoms with Gasteiger partial charge in [-0.3, -0.25) is 0 Å². The van der Waals surface area contributed by atoms with Gasteiger partial charge in [-0.1, -0.05) is 24.6 Å². The third-order valence-corrected chi connectivity index (χ3v) is 1.93. The highest BCUT2D eigenvalue weighted by Crippen LogP contribution is 2.17. The summed E-state index contributed by atoms with van der Waals surface area (Å²) in [7, 11) is 0. The zero-order valence-corrected chi connectivity index (χ0v) is 8.47.